The van der Waals surface area contributed by atoms with E-state index in [-0.39, 0.29) is 39.8 Å². The van der Waals surface area contributed by atoms with Crippen LogP contribution in [-0.4, -0.2) is 22.2 Å². The molecular formula is C34H22CuN4O6. The van der Waals surface area contributed by atoms with Gasteiger partial charge in [-0.2, -0.15) is 15.3 Å². The first-order valence-corrected chi connectivity index (χ1v) is 13.2. The van der Waals surface area contributed by atoms with Gasteiger partial charge in [-0.25, -0.2) is 4.79 Å². The average molecular weight is 646 g/mol. The van der Waals surface area contributed by atoms with Crippen LogP contribution in [0, 0.1) is 0 Å². The van der Waals surface area contributed by atoms with Crippen molar-refractivity contribution in [3.05, 3.63) is 132 Å². The zero-order valence-electron chi connectivity index (χ0n) is 23.2. The summed E-state index contributed by atoms with van der Waals surface area (Å²) in [5, 5.41) is 61.3. The fourth-order valence-corrected chi connectivity index (χ4v) is 4.35. The van der Waals surface area contributed by atoms with Gasteiger partial charge in [0.05, 0.1) is 23.0 Å². The summed E-state index contributed by atoms with van der Waals surface area (Å²) in [6, 6.07) is 34.7. The normalized spacial score (nSPS) is 10.8. The molecule has 0 bridgehead atoms. The summed E-state index contributed by atoms with van der Waals surface area (Å²) in [6.45, 7) is 0. The van der Waals surface area contributed by atoms with Crippen molar-refractivity contribution in [3.8, 4) is 11.5 Å². The van der Waals surface area contributed by atoms with Gasteiger partial charge in [0, 0.05) is 10.8 Å². The molecule has 0 atom stereocenters. The number of carbonyl (C=O) groups is 2. The van der Waals surface area contributed by atoms with Crippen molar-refractivity contribution in [1.82, 2.24) is 0 Å². The largest absolute Gasteiger partial charge is 2.00 e. The fourth-order valence-electron chi connectivity index (χ4n) is 4.35. The number of benzene rings is 6. The molecule has 0 aliphatic rings. The number of aromatic carboxylic acids is 2. The van der Waals surface area contributed by atoms with Gasteiger partial charge in [-0.15, -0.1) is 5.11 Å². The van der Waals surface area contributed by atoms with Crippen molar-refractivity contribution in [1.29, 1.82) is 0 Å². The number of rotatable bonds is 6. The van der Waals surface area contributed by atoms with Gasteiger partial charge in [-0.05, 0) is 52.7 Å². The number of nitrogens with zero attached hydrogens (tertiary/aromatic N) is 4. The smallest absolute Gasteiger partial charge is 0.871 e. The van der Waals surface area contributed by atoms with E-state index in [1.165, 1.54) is 12.1 Å². The Hall–Kier alpha value is -5.90. The first-order valence-electron chi connectivity index (χ1n) is 13.2. The molecule has 0 spiro atoms. The molecular weight excluding hydrogens is 624 g/mol. The van der Waals surface area contributed by atoms with Crippen LogP contribution in [0.25, 0.3) is 21.5 Å². The van der Waals surface area contributed by atoms with Crippen LogP contribution in [0.2, 0.25) is 0 Å². The van der Waals surface area contributed by atoms with E-state index in [2.05, 4.69) is 20.5 Å². The third kappa shape index (κ3) is 7.37. The Kier molecular flexibility index (Phi) is 10.3. The number of carboxylic acid groups (broad SMARTS) is 2. The Morgan fingerprint density at radius 1 is 0.578 bits per heavy atom. The van der Waals surface area contributed by atoms with Crippen LogP contribution in [0.4, 0.5) is 22.7 Å². The van der Waals surface area contributed by atoms with Crippen LogP contribution in [0.5, 0.6) is 11.5 Å². The Morgan fingerprint density at radius 2 is 1.00 bits per heavy atom. The molecule has 6 rings (SSSR count). The first kappa shape index (κ1) is 32.0. The average Bonchev–Trinajstić information content (AvgIpc) is 3.04. The third-order valence-electron chi connectivity index (χ3n) is 6.46. The number of hydrogen-bond donors (Lipinski definition) is 2. The van der Waals surface area contributed by atoms with Crippen LogP contribution in [0.15, 0.2) is 142 Å². The van der Waals surface area contributed by atoms with Crippen molar-refractivity contribution in [2.24, 2.45) is 20.5 Å². The second-order valence-electron chi connectivity index (χ2n) is 9.33. The van der Waals surface area contributed by atoms with E-state index in [4.69, 9.17) is 0 Å². The number of carbonyl (C=O) groups excluding carboxylic acids is 1. The standard InChI is InChI=1S/2C17H12N2O3.Cu/c2*20-16-14(17(21)22)10-11-6-4-5-9-13(11)15(16)19-18-12-7-2-1-3-8-12;/h2*1-10,20H,(H,21,22);/q;;+2/p-2. The predicted octanol–water partition coefficient (Wildman–Crippen LogP) is 7.35. The second kappa shape index (κ2) is 14.5. The van der Waals surface area contributed by atoms with Gasteiger partial charge >= 0.3 is 23.0 Å². The van der Waals surface area contributed by atoms with Gasteiger partial charge in [-0.3, -0.25) is 0 Å². The predicted molar refractivity (Wildman–Crippen MR) is 162 cm³/mol. The summed E-state index contributed by atoms with van der Waals surface area (Å²) in [4.78, 5) is 22.4. The molecule has 2 N–H and O–H groups in total. The van der Waals surface area contributed by atoms with Crippen molar-refractivity contribution in [2.75, 3.05) is 0 Å². The maximum Gasteiger partial charge on any atom is 2.00 e. The number of hydrogen-bond acceptors (Lipinski definition) is 9. The summed E-state index contributed by atoms with van der Waals surface area (Å²) in [5.74, 6) is -3.81. The minimum Gasteiger partial charge on any atom is -0.871 e. The molecule has 0 heterocycles. The topological polar surface area (TPSA) is 170 Å². The third-order valence-corrected chi connectivity index (χ3v) is 6.46. The van der Waals surface area contributed by atoms with Gasteiger partial charge in [-0.1, -0.05) is 90.7 Å². The number of carboxylic acids is 2. The molecule has 1 radical (unpaired) electrons. The molecule has 0 fully saturated rings. The fraction of sp³-hybridized carbons (Fsp3) is 0. The van der Waals surface area contributed by atoms with Crippen molar-refractivity contribution < 1.29 is 47.1 Å². The molecule has 6 aromatic carbocycles. The molecule has 225 valence electrons. The van der Waals surface area contributed by atoms with Crippen molar-refractivity contribution >= 4 is 56.2 Å². The zero-order chi connectivity index (χ0) is 31.1. The molecule has 0 aliphatic heterocycles. The van der Waals surface area contributed by atoms with Gasteiger partial charge in [0.2, 0.25) is 0 Å². The van der Waals surface area contributed by atoms with E-state index in [1.807, 2.05) is 24.3 Å². The van der Waals surface area contributed by atoms with E-state index < -0.39 is 23.3 Å². The number of azo groups is 2. The van der Waals surface area contributed by atoms with Gasteiger partial charge < -0.3 is 25.2 Å². The minimum absolute atomic E-state index is 0. The monoisotopic (exact) mass is 645 g/mol. The van der Waals surface area contributed by atoms with E-state index in [9.17, 15) is 30.0 Å². The summed E-state index contributed by atoms with van der Waals surface area (Å²) < 4.78 is 0. The van der Waals surface area contributed by atoms with Gasteiger partial charge in [0.15, 0.2) is 5.75 Å². The summed E-state index contributed by atoms with van der Waals surface area (Å²) in [7, 11) is 0. The van der Waals surface area contributed by atoms with E-state index in [0.29, 0.717) is 32.9 Å². The minimum atomic E-state index is -1.52. The number of fused-ring (bicyclic) bond motifs is 2. The Balaban J connectivity index is 0.000000200. The molecule has 0 aromatic heterocycles. The molecule has 45 heavy (non-hydrogen) atoms. The second-order valence-corrected chi connectivity index (χ2v) is 9.33. The molecule has 6 aromatic rings. The van der Waals surface area contributed by atoms with Crippen LogP contribution in [0.1, 0.15) is 20.7 Å². The maximum atomic E-state index is 12.3. The quantitative estimate of drug-likeness (QED) is 0.142. The SMILES string of the molecule is O=C(O)c1cc2ccccc2c(N=Nc2ccccc2)c1O.O=C([O-])c1cc2ccccc2c(N=Nc2ccccc2)c1[O-].[Cu+2]. The van der Waals surface area contributed by atoms with Crippen molar-refractivity contribution in [2.45, 2.75) is 0 Å². The molecule has 11 heteroatoms. The molecule has 10 nitrogen and oxygen atoms in total. The molecule has 0 aliphatic carbocycles. The number of phenols is 1. The van der Waals surface area contributed by atoms with E-state index in [1.54, 1.807) is 84.9 Å². The number of aromatic hydroxyl groups is 1. The maximum absolute atomic E-state index is 12.3. The summed E-state index contributed by atoms with van der Waals surface area (Å²) >= 11 is 0. The zero-order valence-corrected chi connectivity index (χ0v) is 24.1. The van der Waals surface area contributed by atoms with Crippen molar-refractivity contribution in [3.63, 3.8) is 0 Å². The van der Waals surface area contributed by atoms with Crippen LogP contribution in [-0.2, 0) is 17.1 Å². The van der Waals surface area contributed by atoms with E-state index >= 15 is 0 Å². The molecule has 0 saturated carbocycles. The first-order chi connectivity index (χ1) is 21.3. The molecule has 0 saturated heterocycles. The van der Waals surface area contributed by atoms with Gasteiger partial charge in [0.1, 0.15) is 11.3 Å². The Labute approximate surface area is 267 Å². The molecule has 0 unspecified atom stereocenters. The Morgan fingerprint density at radius 3 is 1.49 bits per heavy atom. The Bertz CT molecular complexity index is 1900. The molecule has 0 amide bonds. The summed E-state index contributed by atoms with van der Waals surface area (Å²) in [5.41, 5.74) is 0.735. The summed E-state index contributed by atoms with van der Waals surface area (Å²) in [6.07, 6.45) is 0. The van der Waals surface area contributed by atoms with Crippen LogP contribution in [0.3, 0.4) is 0 Å². The van der Waals surface area contributed by atoms with Crippen LogP contribution < -0.4 is 10.2 Å². The van der Waals surface area contributed by atoms with E-state index in [0.717, 1.165) is 0 Å². The van der Waals surface area contributed by atoms with Crippen LogP contribution >= 0.6 is 0 Å². The van der Waals surface area contributed by atoms with Gasteiger partial charge in [0.25, 0.3) is 0 Å².